The maximum Gasteiger partial charge on any atom is 0.303 e. The molecule has 136 valence electrons. The highest BCUT2D eigenvalue weighted by Crippen LogP contribution is 2.26. The summed E-state index contributed by atoms with van der Waals surface area (Å²) in [5, 5.41) is 9.34. The molecule has 1 saturated heterocycles. The minimum Gasteiger partial charge on any atom is -0.481 e. The molecule has 0 radical (unpaired) electrons. The lowest BCUT2D eigenvalue weighted by atomic mass is 10.1. The van der Waals surface area contributed by atoms with Crippen LogP contribution >= 0.6 is 23.2 Å². The van der Waals surface area contributed by atoms with Crippen LogP contribution in [0.3, 0.4) is 0 Å². The van der Waals surface area contributed by atoms with Crippen molar-refractivity contribution in [1.29, 1.82) is 0 Å². The number of likely N-dealkylation sites (tertiary alicyclic amines) is 1. The second-order valence-electron chi connectivity index (χ2n) is 6.04. The molecule has 8 heteroatoms. The zero-order valence-electron chi connectivity index (χ0n) is 13.9. The van der Waals surface area contributed by atoms with E-state index in [2.05, 4.69) is 0 Å². The third kappa shape index (κ3) is 4.86. The molecule has 2 rings (SSSR count). The molecule has 2 amide bonds. The van der Waals surface area contributed by atoms with Gasteiger partial charge in [-0.05, 0) is 37.5 Å². The first-order valence-corrected chi connectivity index (χ1v) is 8.79. The average Bonchev–Trinajstić information content (AvgIpc) is 3.05. The zero-order valence-corrected chi connectivity index (χ0v) is 15.4. The van der Waals surface area contributed by atoms with Crippen LogP contribution in [0.15, 0.2) is 18.2 Å². The number of amides is 2. The van der Waals surface area contributed by atoms with Gasteiger partial charge in [-0.25, -0.2) is 0 Å². The summed E-state index contributed by atoms with van der Waals surface area (Å²) >= 11 is 11.8. The lowest BCUT2D eigenvalue weighted by Gasteiger charge is -2.28. The van der Waals surface area contributed by atoms with Crippen molar-refractivity contribution in [2.24, 2.45) is 0 Å². The smallest absolute Gasteiger partial charge is 0.303 e. The van der Waals surface area contributed by atoms with Gasteiger partial charge in [-0.15, -0.1) is 0 Å². The minimum absolute atomic E-state index is 0.00814. The number of aliphatic carboxylic acids is 1. The first-order chi connectivity index (χ1) is 11.8. The number of hydrogen-bond acceptors (Lipinski definition) is 3. The van der Waals surface area contributed by atoms with Crippen molar-refractivity contribution in [1.82, 2.24) is 9.80 Å². The predicted octanol–water partition coefficient (Wildman–Crippen LogP) is 2.92. The molecule has 1 aromatic carbocycles. The lowest BCUT2D eigenvalue weighted by molar-refractivity contribution is -0.138. The normalized spacial score (nSPS) is 16.8. The maximum absolute atomic E-state index is 12.7. The van der Waals surface area contributed by atoms with Gasteiger partial charge in [-0.1, -0.05) is 23.2 Å². The Morgan fingerprint density at radius 3 is 2.64 bits per heavy atom. The van der Waals surface area contributed by atoms with E-state index < -0.39 is 12.0 Å². The Kier molecular flexibility index (Phi) is 6.67. The number of carbonyl (C=O) groups is 3. The fraction of sp³-hybridized carbons (Fsp3) is 0.471. The molecule has 0 saturated carbocycles. The Balaban J connectivity index is 2.05. The van der Waals surface area contributed by atoms with Crippen molar-refractivity contribution >= 4 is 41.0 Å². The van der Waals surface area contributed by atoms with Crippen molar-refractivity contribution in [3.8, 4) is 0 Å². The second kappa shape index (κ2) is 8.54. The quantitative estimate of drug-likeness (QED) is 0.814. The first kappa shape index (κ1) is 19.5. The molecule has 0 aromatic heterocycles. The molecule has 1 fully saturated rings. The number of carboxylic acid groups (broad SMARTS) is 1. The summed E-state index contributed by atoms with van der Waals surface area (Å²) in [4.78, 5) is 39.0. The standard InChI is InChI=1S/C17H20Cl2N2O4/c1-20(8-3-5-15(22)23)17(25)14-4-2-9-21(14)16(24)11-6-7-12(18)13(19)10-11/h6-7,10,14H,2-5,8-9H2,1H3,(H,22,23). The third-order valence-corrected chi connectivity index (χ3v) is 4.96. The largest absolute Gasteiger partial charge is 0.481 e. The number of halogens is 2. The van der Waals surface area contributed by atoms with Gasteiger partial charge in [0.15, 0.2) is 0 Å². The van der Waals surface area contributed by atoms with E-state index in [1.165, 1.54) is 11.0 Å². The van der Waals surface area contributed by atoms with Gasteiger partial charge in [0.25, 0.3) is 5.91 Å². The summed E-state index contributed by atoms with van der Waals surface area (Å²) in [5.41, 5.74) is 0.391. The molecule has 6 nitrogen and oxygen atoms in total. The number of rotatable bonds is 6. The third-order valence-electron chi connectivity index (χ3n) is 4.23. The fourth-order valence-electron chi connectivity index (χ4n) is 2.89. The van der Waals surface area contributed by atoms with Crippen LogP contribution < -0.4 is 0 Å². The molecular weight excluding hydrogens is 367 g/mol. The van der Waals surface area contributed by atoms with E-state index in [-0.39, 0.29) is 18.2 Å². The van der Waals surface area contributed by atoms with Gasteiger partial charge >= 0.3 is 5.97 Å². The summed E-state index contributed by atoms with van der Waals surface area (Å²) in [6.45, 7) is 0.842. The number of benzene rings is 1. The summed E-state index contributed by atoms with van der Waals surface area (Å²) < 4.78 is 0. The predicted molar refractivity (Wildman–Crippen MR) is 95.0 cm³/mol. The van der Waals surface area contributed by atoms with Crippen molar-refractivity contribution in [2.75, 3.05) is 20.1 Å². The highest BCUT2D eigenvalue weighted by Gasteiger charge is 2.36. The van der Waals surface area contributed by atoms with Gasteiger partial charge in [-0.3, -0.25) is 14.4 Å². The summed E-state index contributed by atoms with van der Waals surface area (Å²) in [5.74, 6) is -1.32. The SMILES string of the molecule is CN(CCCC(=O)O)C(=O)C1CCCN1C(=O)c1ccc(Cl)c(Cl)c1. The molecular formula is C17H20Cl2N2O4. The molecule has 0 bridgehead atoms. The van der Waals surface area contributed by atoms with Crippen LogP contribution in [0.5, 0.6) is 0 Å². The van der Waals surface area contributed by atoms with Crippen LogP contribution in [-0.4, -0.2) is 58.9 Å². The van der Waals surface area contributed by atoms with E-state index in [1.807, 2.05) is 0 Å². The summed E-state index contributed by atoms with van der Waals surface area (Å²) in [7, 11) is 1.63. The Labute approximate surface area is 156 Å². The van der Waals surface area contributed by atoms with Crippen molar-refractivity contribution in [3.63, 3.8) is 0 Å². The van der Waals surface area contributed by atoms with E-state index in [9.17, 15) is 14.4 Å². The minimum atomic E-state index is -0.891. The second-order valence-corrected chi connectivity index (χ2v) is 6.86. The number of likely N-dealkylation sites (N-methyl/N-ethyl adjacent to an activating group) is 1. The first-order valence-electron chi connectivity index (χ1n) is 8.04. The van der Waals surface area contributed by atoms with Gasteiger partial charge in [0.2, 0.25) is 5.91 Å². The molecule has 1 aromatic rings. The Bertz CT molecular complexity index is 681. The van der Waals surface area contributed by atoms with Gasteiger partial charge in [0.05, 0.1) is 10.0 Å². The molecule has 0 aliphatic carbocycles. The Morgan fingerprint density at radius 1 is 1.28 bits per heavy atom. The Hall–Kier alpha value is -1.79. The molecule has 1 aliphatic rings. The summed E-state index contributed by atoms with van der Waals surface area (Å²) in [6, 6.07) is 4.12. The zero-order chi connectivity index (χ0) is 18.6. The van der Waals surface area contributed by atoms with Crippen molar-refractivity contribution in [3.05, 3.63) is 33.8 Å². The number of hydrogen-bond donors (Lipinski definition) is 1. The van der Waals surface area contributed by atoms with Crippen LogP contribution in [-0.2, 0) is 9.59 Å². The molecule has 0 spiro atoms. The molecule has 1 aliphatic heterocycles. The van der Waals surface area contributed by atoms with E-state index in [0.29, 0.717) is 41.5 Å². The van der Waals surface area contributed by atoms with Crippen LogP contribution in [0.4, 0.5) is 0 Å². The average molecular weight is 387 g/mol. The molecule has 1 atom stereocenters. The van der Waals surface area contributed by atoms with E-state index in [1.54, 1.807) is 24.1 Å². The highest BCUT2D eigenvalue weighted by molar-refractivity contribution is 6.42. The van der Waals surface area contributed by atoms with Gasteiger partial charge < -0.3 is 14.9 Å². The van der Waals surface area contributed by atoms with E-state index in [4.69, 9.17) is 28.3 Å². The topological polar surface area (TPSA) is 77.9 Å². The van der Waals surface area contributed by atoms with Crippen molar-refractivity contribution < 1.29 is 19.5 Å². The van der Waals surface area contributed by atoms with Crippen LogP contribution in [0.25, 0.3) is 0 Å². The number of nitrogens with zero attached hydrogens (tertiary/aromatic N) is 2. The van der Waals surface area contributed by atoms with Gasteiger partial charge in [0.1, 0.15) is 6.04 Å². The molecule has 1 unspecified atom stereocenters. The van der Waals surface area contributed by atoms with Crippen molar-refractivity contribution in [2.45, 2.75) is 31.7 Å². The lowest BCUT2D eigenvalue weighted by Crippen LogP contribution is -2.46. The van der Waals surface area contributed by atoms with E-state index >= 15 is 0 Å². The van der Waals surface area contributed by atoms with Gasteiger partial charge in [0, 0.05) is 32.1 Å². The highest BCUT2D eigenvalue weighted by atomic mass is 35.5. The number of carbonyl (C=O) groups excluding carboxylic acids is 2. The van der Waals surface area contributed by atoms with Crippen LogP contribution in [0, 0.1) is 0 Å². The molecule has 1 heterocycles. The van der Waals surface area contributed by atoms with Crippen LogP contribution in [0.1, 0.15) is 36.0 Å². The monoisotopic (exact) mass is 386 g/mol. The number of carboxylic acids is 1. The summed E-state index contributed by atoms with van der Waals surface area (Å²) in [6.07, 6.45) is 1.72. The maximum atomic E-state index is 12.7. The fourth-order valence-corrected chi connectivity index (χ4v) is 3.19. The molecule has 1 N–H and O–H groups in total. The molecule has 25 heavy (non-hydrogen) atoms. The van der Waals surface area contributed by atoms with Gasteiger partial charge in [-0.2, -0.15) is 0 Å². The van der Waals surface area contributed by atoms with Crippen LogP contribution in [0.2, 0.25) is 10.0 Å². The van der Waals surface area contributed by atoms with E-state index in [0.717, 1.165) is 6.42 Å². The Morgan fingerprint density at radius 2 is 2.00 bits per heavy atom.